The fourth-order valence-electron chi connectivity index (χ4n) is 1.28. The van der Waals surface area contributed by atoms with Crippen LogP contribution < -0.4 is 11.6 Å². The first kappa shape index (κ1) is 14.0. The lowest BCUT2D eigenvalue weighted by Crippen LogP contribution is -2.37. The van der Waals surface area contributed by atoms with Crippen LogP contribution in [0.2, 0.25) is 0 Å². The van der Waals surface area contributed by atoms with Gasteiger partial charge in [-0.2, -0.15) is 0 Å². The minimum Gasteiger partial charge on any atom is -0.504 e. The highest BCUT2D eigenvalue weighted by Crippen LogP contribution is 2.25. The Kier molecular flexibility index (Phi) is 5.16. The lowest BCUT2D eigenvalue weighted by molar-refractivity contribution is -0.126. The van der Waals surface area contributed by atoms with Crippen LogP contribution in [0.25, 0.3) is 6.08 Å². The number of nitrogens with two attached hydrogens (primary N) is 2. The first-order chi connectivity index (χ1) is 8.54. The Morgan fingerprint density at radius 2 is 2.06 bits per heavy atom. The molecular weight excluding hydrogens is 234 g/mol. The lowest BCUT2D eigenvalue weighted by atomic mass is 10.2. The molecule has 1 aromatic rings. The van der Waals surface area contributed by atoms with Gasteiger partial charge >= 0.3 is 0 Å². The number of hydrogen-bond acceptors (Lipinski definition) is 5. The van der Waals surface area contributed by atoms with Gasteiger partial charge in [-0.3, -0.25) is 9.80 Å². The molecule has 6 N–H and O–H groups in total. The molecule has 0 aliphatic heterocycles. The van der Waals surface area contributed by atoms with Crippen LogP contribution in [0.1, 0.15) is 12.0 Å². The van der Waals surface area contributed by atoms with Crippen LogP contribution >= 0.6 is 0 Å². The van der Waals surface area contributed by atoms with E-state index in [1.54, 1.807) is 6.07 Å². The fourth-order valence-corrected chi connectivity index (χ4v) is 1.28. The van der Waals surface area contributed by atoms with Gasteiger partial charge in [-0.15, -0.1) is 0 Å². The molecule has 0 heterocycles. The van der Waals surface area contributed by atoms with Crippen molar-refractivity contribution in [2.75, 3.05) is 13.1 Å². The first-order valence-electron chi connectivity index (χ1n) is 5.51. The van der Waals surface area contributed by atoms with Crippen LogP contribution in [-0.4, -0.2) is 34.2 Å². The standard InChI is InChI=1S/C12H17N3O3/c13-6-1-7-15(14)12(18)5-3-9-2-4-10(16)11(17)8-9/h2-5,8,16-17H,1,6-7,13-14H2/b5-3+. The molecule has 0 aliphatic carbocycles. The fraction of sp³-hybridized carbons (Fsp3) is 0.250. The summed E-state index contributed by atoms with van der Waals surface area (Å²) in [6.07, 6.45) is 3.43. The lowest BCUT2D eigenvalue weighted by Gasteiger charge is -2.13. The summed E-state index contributed by atoms with van der Waals surface area (Å²) in [5.41, 5.74) is 5.90. The van der Waals surface area contributed by atoms with Crippen LogP contribution in [0, 0.1) is 0 Å². The van der Waals surface area contributed by atoms with E-state index in [1.807, 2.05) is 0 Å². The Balaban J connectivity index is 2.62. The van der Waals surface area contributed by atoms with Gasteiger partial charge in [0.2, 0.25) is 0 Å². The Morgan fingerprint density at radius 3 is 2.67 bits per heavy atom. The molecule has 6 heteroatoms. The van der Waals surface area contributed by atoms with Gasteiger partial charge in [0.05, 0.1) is 0 Å². The van der Waals surface area contributed by atoms with E-state index in [0.717, 1.165) is 5.01 Å². The number of hydrazine groups is 1. The monoisotopic (exact) mass is 251 g/mol. The maximum Gasteiger partial charge on any atom is 0.260 e. The van der Waals surface area contributed by atoms with Gasteiger partial charge < -0.3 is 15.9 Å². The van der Waals surface area contributed by atoms with Crippen molar-refractivity contribution in [1.82, 2.24) is 5.01 Å². The van der Waals surface area contributed by atoms with Crippen LogP contribution in [0.5, 0.6) is 11.5 Å². The Bertz CT molecular complexity index is 446. The van der Waals surface area contributed by atoms with E-state index in [0.29, 0.717) is 25.1 Å². The first-order valence-corrected chi connectivity index (χ1v) is 5.51. The van der Waals surface area contributed by atoms with Gasteiger partial charge in [-0.25, -0.2) is 5.84 Å². The van der Waals surface area contributed by atoms with Crippen molar-refractivity contribution in [1.29, 1.82) is 0 Å². The van der Waals surface area contributed by atoms with E-state index in [1.165, 1.54) is 24.3 Å². The van der Waals surface area contributed by atoms with Gasteiger partial charge in [-0.1, -0.05) is 6.07 Å². The second-order valence-electron chi connectivity index (χ2n) is 3.76. The zero-order valence-electron chi connectivity index (χ0n) is 9.91. The molecule has 1 rings (SSSR count). The van der Waals surface area contributed by atoms with Gasteiger partial charge in [-0.05, 0) is 36.7 Å². The Morgan fingerprint density at radius 1 is 1.33 bits per heavy atom. The van der Waals surface area contributed by atoms with Crippen molar-refractivity contribution in [3.8, 4) is 11.5 Å². The average Bonchev–Trinajstić information content (AvgIpc) is 2.36. The van der Waals surface area contributed by atoms with E-state index in [4.69, 9.17) is 16.7 Å². The molecule has 1 aromatic carbocycles. The summed E-state index contributed by atoms with van der Waals surface area (Å²) in [5, 5.41) is 19.5. The summed E-state index contributed by atoms with van der Waals surface area (Å²) < 4.78 is 0. The third kappa shape index (κ3) is 4.08. The summed E-state index contributed by atoms with van der Waals surface area (Å²) in [4.78, 5) is 11.5. The molecule has 6 nitrogen and oxygen atoms in total. The van der Waals surface area contributed by atoms with Crippen molar-refractivity contribution in [2.24, 2.45) is 11.6 Å². The van der Waals surface area contributed by atoms with Crippen molar-refractivity contribution in [3.05, 3.63) is 29.8 Å². The number of amides is 1. The highest BCUT2D eigenvalue weighted by molar-refractivity contribution is 5.91. The Hall–Kier alpha value is -2.05. The zero-order valence-corrected chi connectivity index (χ0v) is 9.91. The summed E-state index contributed by atoms with van der Waals surface area (Å²) in [5.74, 6) is 4.71. The normalized spacial score (nSPS) is 10.8. The van der Waals surface area contributed by atoms with Crippen molar-refractivity contribution in [3.63, 3.8) is 0 Å². The van der Waals surface area contributed by atoms with E-state index in [-0.39, 0.29) is 17.4 Å². The second kappa shape index (κ2) is 6.63. The summed E-state index contributed by atoms with van der Waals surface area (Å²) in [6, 6.07) is 4.26. The zero-order chi connectivity index (χ0) is 13.5. The van der Waals surface area contributed by atoms with Crippen molar-refractivity contribution in [2.45, 2.75) is 6.42 Å². The van der Waals surface area contributed by atoms with Gasteiger partial charge in [0.1, 0.15) is 0 Å². The molecule has 0 bridgehead atoms. The third-order valence-corrected chi connectivity index (χ3v) is 2.30. The predicted octanol–water partition coefficient (Wildman–Crippen LogP) is 0.162. The molecular formula is C12H17N3O3. The number of phenols is 2. The van der Waals surface area contributed by atoms with E-state index in [9.17, 15) is 9.90 Å². The molecule has 18 heavy (non-hydrogen) atoms. The number of phenolic OH excluding ortho intramolecular Hbond substituents is 2. The van der Waals surface area contributed by atoms with Crippen LogP contribution in [-0.2, 0) is 4.79 Å². The molecule has 1 amide bonds. The van der Waals surface area contributed by atoms with Gasteiger partial charge in [0.25, 0.3) is 5.91 Å². The second-order valence-corrected chi connectivity index (χ2v) is 3.76. The molecule has 0 spiro atoms. The van der Waals surface area contributed by atoms with E-state index in [2.05, 4.69) is 0 Å². The smallest absolute Gasteiger partial charge is 0.260 e. The number of carbonyl (C=O) groups is 1. The number of nitrogens with zero attached hydrogens (tertiary/aromatic N) is 1. The molecule has 98 valence electrons. The van der Waals surface area contributed by atoms with E-state index >= 15 is 0 Å². The average molecular weight is 251 g/mol. The maximum absolute atomic E-state index is 11.5. The molecule has 0 aromatic heterocycles. The number of carbonyl (C=O) groups excluding carboxylic acids is 1. The summed E-state index contributed by atoms with van der Waals surface area (Å²) in [7, 11) is 0. The number of aromatic hydroxyl groups is 2. The number of hydrogen-bond donors (Lipinski definition) is 4. The minimum absolute atomic E-state index is 0.207. The topological polar surface area (TPSA) is 113 Å². The molecule has 0 saturated carbocycles. The highest BCUT2D eigenvalue weighted by Gasteiger charge is 2.04. The summed E-state index contributed by atoms with van der Waals surface area (Å²) >= 11 is 0. The van der Waals surface area contributed by atoms with Crippen molar-refractivity contribution < 1.29 is 15.0 Å². The van der Waals surface area contributed by atoms with E-state index < -0.39 is 0 Å². The molecule has 0 aliphatic rings. The highest BCUT2D eigenvalue weighted by atomic mass is 16.3. The molecule has 0 atom stereocenters. The third-order valence-electron chi connectivity index (χ3n) is 2.30. The van der Waals surface area contributed by atoms with Crippen LogP contribution in [0.15, 0.2) is 24.3 Å². The minimum atomic E-state index is -0.351. The van der Waals surface area contributed by atoms with Crippen LogP contribution in [0.3, 0.4) is 0 Å². The number of rotatable bonds is 5. The van der Waals surface area contributed by atoms with Gasteiger partial charge in [0.15, 0.2) is 11.5 Å². The molecule has 0 unspecified atom stereocenters. The largest absolute Gasteiger partial charge is 0.504 e. The number of benzene rings is 1. The maximum atomic E-state index is 11.5. The van der Waals surface area contributed by atoms with Crippen molar-refractivity contribution >= 4 is 12.0 Å². The molecule has 0 fully saturated rings. The predicted molar refractivity (Wildman–Crippen MR) is 68.4 cm³/mol. The SMILES string of the molecule is NCCCN(N)C(=O)/C=C/c1ccc(O)c(O)c1. The van der Waals surface area contributed by atoms with Gasteiger partial charge in [0, 0.05) is 12.6 Å². The molecule has 0 radical (unpaired) electrons. The molecule has 0 saturated heterocycles. The summed E-state index contributed by atoms with van der Waals surface area (Å²) in [6.45, 7) is 0.858. The Labute approximate surface area is 105 Å². The quantitative estimate of drug-likeness (QED) is 0.196. The van der Waals surface area contributed by atoms with Crippen LogP contribution in [0.4, 0.5) is 0 Å².